The number of hydrogen-bond donors (Lipinski definition) is 2. The minimum absolute atomic E-state index is 0.0250. The lowest BCUT2D eigenvalue weighted by atomic mass is 10.1. The second-order valence-corrected chi connectivity index (χ2v) is 7.65. The second-order valence-electron chi connectivity index (χ2n) is 7.65. The van der Waals surface area contributed by atoms with Crippen LogP contribution in [0.25, 0.3) is 0 Å². The summed E-state index contributed by atoms with van der Waals surface area (Å²) in [6, 6.07) is 6.39. The molecule has 9 nitrogen and oxygen atoms in total. The third kappa shape index (κ3) is 8.55. The van der Waals surface area contributed by atoms with Crippen molar-refractivity contribution in [2.24, 2.45) is 5.92 Å². The number of esters is 1. The van der Waals surface area contributed by atoms with Gasteiger partial charge >= 0.3 is 5.97 Å². The lowest BCUT2D eigenvalue weighted by Crippen LogP contribution is -2.57. The summed E-state index contributed by atoms with van der Waals surface area (Å²) in [7, 11) is 0. The predicted molar refractivity (Wildman–Crippen MR) is 116 cm³/mol. The van der Waals surface area contributed by atoms with E-state index in [4.69, 9.17) is 14.2 Å². The summed E-state index contributed by atoms with van der Waals surface area (Å²) >= 11 is 0. The molecule has 1 unspecified atom stereocenters. The van der Waals surface area contributed by atoms with Gasteiger partial charge in [0.1, 0.15) is 18.4 Å². The van der Waals surface area contributed by atoms with Gasteiger partial charge in [-0.15, -0.1) is 0 Å². The first-order valence-corrected chi connectivity index (χ1v) is 10.7. The maximum absolute atomic E-state index is 12.7. The second kappa shape index (κ2) is 12.9. The number of benzene rings is 1. The molecule has 172 valence electrons. The van der Waals surface area contributed by atoms with Crippen molar-refractivity contribution in [2.45, 2.75) is 33.2 Å². The van der Waals surface area contributed by atoms with Crippen molar-refractivity contribution < 1.29 is 28.6 Å². The van der Waals surface area contributed by atoms with Crippen LogP contribution in [0.2, 0.25) is 0 Å². The summed E-state index contributed by atoms with van der Waals surface area (Å²) < 4.78 is 16.2. The smallest absolute Gasteiger partial charge is 0.307 e. The number of piperazine rings is 1. The third-order valence-corrected chi connectivity index (χ3v) is 4.58. The number of carbonyl (C=O) groups is 3. The van der Waals surface area contributed by atoms with E-state index in [1.54, 1.807) is 23.1 Å². The first kappa shape index (κ1) is 24.6. The lowest BCUT2D eigenvalue weighted by Gasteiger charge is -2.34. The fourth-order valence-corrected chi connectivity index (χ4v) is 3.07. The molecule has 1 aromatic carbocycles. The van der Waals surface area contributed by atoms with Crippen molar-refractivity contribution in [1.29, 1.82) is 0 Å². The number of carbonyl (C=O) groups excluding carboxylic acids is 3. The first-order chi connectivity index (χ1) is 14.9. The highest BCUT2D eigenvalue weighted by Gasteiger charge is 2.33. The SMILES string of the molecule is CCOCCOc1ccccc1NC(=O)CN1CCNC(=O)C1CC(=O)OCC(C)C. The van der Waals surface area contributed by atoms with Gasteiger partial charge in [0, 0.05) is 19.7 Å². The summed E-state index contributed by atoms with van der Waals surface area (Å²) in [5, 5.41) is 5.58. The Kier molecular flexibility index (Phi) is 10.3. The van der Waals surface area contributed by atoms with Crippen LogP contribution < -0.4 is 15.4 Å². The summed E-state index contributed by atoms with van der Waals surface area (Å²) in [4.78, 5) is 38.8. The van der Waals surface area contributed by atoms with Crippen LogP contribution in [-0.4, -0.2) is 74.8 Å². The monoisotopic (exact) mass is 435 g/mol. The summed E-state index contributed by atoms with van der Waals surface area (Å²) in [6.07, 6.45) is -0.0943. The van der Waals surface area contributed by atoms with Gasteiger partial charge in [0.2, 0.25) is 11.8 Å². The van der Waals surface area contributed by atoms with Gasteiger partial charge < -0.3 is 24.8 Å². The van der Waals surface area contributed by atoms with Crippen molar-refractivity contribution in [1.82, 2.24) is 10.2 Å². The van der Waals surface area contributed by atoms with Crippen LogP contribution in [0.3, 0.4) is 0 Å². The molecule has 1 aromatic rings. The van der Waals surface area contributed by atoms with E-state index in [-0.39, 0.29) is 30.7 Å². The molecule has 0 aromatic heterocycles. The predicted octanol–water partition coefficient (Wildman–Crippen LogP) is 1.43. The van der Waals surface area contributed by atoms with Crippen molar-refractivity contribution in [3.8, 4) is 5.75 Å². The highest BCUT2D eigenvalue weighted by Crippen LogP contribution is 2.24. The first-order valence-electron chi connectivity index (χ1n) is 10.7. The number of hydrogen-bond acceptors (Lipinski definition) is 7. The van der Waals surface area contributed by atoms with Gasteiger partial charge in [0.25, 0.3) is 0 Å². The molecule has 31 heavy (non-hydrogen) atoms. The Labute approximate surface area is 183 Å². The molecule has 2 amide bonds. The van der Waals surface area contributed by atoms with Crippen LogP contribution in [0.4, 0.5) is 5.69 Å². The van der Waals surface area contributed by atoms with Gasteiger partial charge in [0.15, 0.2) is 0 Å². The zero-order valence-corrected chi connectivity index (χ0v) is 18.5. The average molecular weight is 436 g/mol. The van der Waals surface area contributed by atoms with Gasteiger partial charge in [-0.1, -0.05) is 26.0 Å². The number of rotatable bonds is 12. The minimum atomic E-state index is -0.739. The highest BCUT2D eigenvalue weighted by molar-refractivity contribution is 5.94. The molecule has 0 aliphatic carbocycles. The Morgan fingerprint density at radius 2 is 2.03 bits per heavy atom. The van der Waals surface area contributed by atoms with Crippen LogP contribution in [0.15, 0.2) is 24.3 Å². The minimum Gasteiger partial charge on any atom is -0.489 e. The van der Waals surface area contributed by atoms with Gasteiger partial charge in [-0.2, -0.15) is 0 Å². The molecule has 1 atom stereocenters. The molecule has 0 bridgehead atoms. The third-order valence-electron chi connectivity index (χ3n) is 4.58. The van der Waals surface area contributed by atoms with Gasteiger partial charge in [-0.3, -0.25) is 19.3 Å². The topological polar surface area (TPSA) is 106 Å². The van der Waals surface area contributed by atoms with Crippen molar-refractivity contribution in [2.75, 3.05) is 51.4 Å². The summed E-state index contributed by atoms with van der Waals surface area (Å²) in [5.74, 6) is -0.270. The Morgan fingerprint density at radius 3 is 2.77 bits per heavy atom. The van der Waals surface area contributed by atoms with E-state index in [0.717, 1.165) is 0 Å². The van der Waals surface area contributed by atoms with Crippen LogP contribution in [0.5, 0.6) is 5.75 Å². The maximum Gasteiger partial charge on any atom is 0.307 e. The number of anilines is 1. The Balaban J connectivity index is 1.95. The van der Waals surface area contributed by atoms with Crippen LogP contribution in [0.1, 0.15) is 27.2 Å². The van der Waals surface area contributed by atoms with E-state index in [1.165, 1.54) is 0 Å². The van der Waals surface area contributed by atoms with Crippen LogP contribution in [0, 0.1) is 5.92 Å². The van der Waals surface area contributed by atoms with Crippen LogP contribution in [-0.2, 0) is 23.9 Å². The summed E-state index contributed by atoms with van der Waals surface area (Å²) in [6.45, 7) is 8.38. The van der Waals surface area contributed by atoms with E-state index in [1.807, 2.05) is 26.8 Å². The van der Waals surface area contributed by atoms with Crippen molar-refractivity contribution in [3.05, 3.63) is 24.3 Å². The lowest BCUT2D eigenvalue weighted by molar-refractivity contribution is -0.149. The fraction of sp³-hybridized carbons (Fsp3) is 0.591. The molecular formula is C22H33N3O6. The Bertz CT molecular complexity index is 740. The normalized spacial score (nSPS) is 16.6. The number of amides is 2. The zero-order valence-electron chi connectivity index (χ0n) is 18.5. The van der Waals surface area contributed by atoms with E-state index < -0.39 is 12.0 Å². The number of nitrogens with zero attached hydrogens (tertiary/aromatic N) is 1. The molecular weight excluding hydrogens is 402 g/mol. The molecule has 0 radical (unpaired) electrons. The molecule has 1 aliphatic heterocycles. The zero-order chi connectivity index (χ0) is 22.6. The van der Waals surface area contributed by atoms with E-state index in [0.29, 0.717) is 51.0 Å². The Hall–Kier alpha value is -2.65. The molecule has 0 spiro atoms. The number of para-hydroxylation sites is 2. The van der Waals surface area contributed by atoms with Crippen LogP contribution >= 0.6 is 0 Å². The quantitative estimate of drug-likeness (QED) is 0.378. The number of ether oxygens (including phenoxy) is 3. The molecule has 2 rings (SSSR count). The summed E-state index contributed by atoms with van der Waals surface area (Å²) in [5.41, 5.74) is 0.540. The average Bonchev–Trinajstić information content (AvgIpc) is 2.73. The van der Waals surface area contributed by atoms with Crippen molar-refractivity contribution in [3.63, 3.8) is 0 Å². The standard InChI is InChI=1S/C22H33N3O6/c1-4-29-11-12-30-19-8-6-5-7-17(19)24-20(26)14-25-10-9-23-22(28)18(25)13-21(27)31-15-16(2)3/h5-8,16,18H,4,9-15H2,1-3H3,(H,23,28)(H,24,26). The van der Waals surface area contributed by atoms with Gasteiger partial charge in [0.05, 0.1) is 31.9 Å². The maximum atomic E-state index is 12.7. The molecule has 0 saturated carbocycles. The molecule has 9 heteroatoms. The largest absolute Gasteiger partial charge is 0.489 e. The fourth-order valence-electron chi connectivity index (χ4n) is 3.07. The van der Waals surface area contributed by atoms with Gasteiger partial charge in [-0.25, -0.2) is 0 Å². The van der Waals surface area contributed by atoms with E-state index >= 15 is 0 Å². The number of nitrogens with one attached hydrogen (secondary N) is 2. The molecule has 1 saturated heterocycles. The molecule has 1 aliphatic rings. The highest BCUT2D eigenvalue weighted by atomic mass is 16.5. The Morgan fingerprint density at radius 1 is 1.26 bits per heavy atom. The molecule has 1 heterocycles. The van der Waals surface area contributed by atoms with Gasteiger partial charge in [-0.05, 0) is 25.0 Å². The molecule has 2 N–H and O–H groups in total. The molecule has 1 fully saturated rings. The van der Waals surface area contributed by atoms with E-state index in [9.17, 15) is 14.4 Å². The van der Waals surface area contributed by atoms with E-state index in [2.05, 4.69) is 10.6 Å². The van der Waals surface area contributed by atoms with Crippen molar-refractivity contribution >= 4 is 23.5 Å².